The van der Waals surface area contributed by atoms with E-state index in [1.165, 1.54) is 38.8 Å². The maximum absolute atomic E-state index is 5.41. The number of rotatable bonds is 4. The fourth-order valence-electron chi connectivity index (χ4n) is 3.17. The summed E-state index contributed by atoms with van der Waals surface area (Å²) in [5.41, 5.74) is 0.399. The molecule has 0 radical (unpaired) electrons. The van der Waals surface area contributed by atoms with Gasteiger partial charge in [-0.05, 0) is 31.7 Å². The molecule has 2 fully saturated rings. The summed E-state index contributed by atoms with van der Waals surface area (Å²) in [6.45, 7) is 11.3. The molecule has 100 valence electrons. The lowest BCUT2D eigenvalue weighted by Crippen LogP contribution is -2.54. The van der Waals surface area contributed by atoms with E-state index in [9.17, 15) is 0 Å². The first-order chi connectivity index (χ1) is 8.23. The Morgan fingerprint density at radius 1 is 1.24 bits per heavy atom. The third-order valence-electron chi connectivity index (χ3n) is 4.61. The Bertz CT molecular complexity index is 218. The zero-order valence-electron chi connectivity index (χ0n) is 11.5. The monoisotopic (exact) mass is 240 g/mol. The average molecular weight is 240 g/mol. The van der Waals surface area contributed by atoms with Crippen molar-refractivity contribution in [2.45, 2.75) is 45.1 Å². The van der Waals surface area contributed by atoms with Gasteiger partial charge in [-0.1, -0.05) is 20.3 Å². The van der Waals surface area contributed by atoms with Gasteiger partial charge in [-0.25, -0.2) is 0 Å². The Labute approximate surface area is 106 Å². The van der Waals surface area contributed by atoms with Crippen molar-refractivity contribution in [2.24, 2.45) is 5.92 Å². The third kappa shape index (κ3) is 3.43. The van der Waals surface area contributed by atoms with Crippen LogP contribution in [0.25, 0.3) is 0 Å². The summed E-state index contributed by atoms with van der Waals surface area (Å²) in [5.74, 6) is 0.740. The van der Waals surface area contributed by atoms with E-state index in [-0.39, 0.29) is 0 Å². The van der Waals surface area contributed by atoms with Crippen LogP contribution in [-0.4, -0.2) is 49.8 Å². The van der Waals surface area contributed by atoms with E-state index in [2.05, 4.69) is 24.1 Å². The molecule has 1 atom stereocenters. The van der Waals surface area contributed by atoms with E-state index >= 15 is 0 Å². The molecule has 3 heteroatoms. The van der Waals surface area contributed by atoms with Crippen molar-refractivity contribution >= 4 is 0 Å². The zero-order chi connectivity index (χ0) is 12.1. The van der Waals surface area contributed by atoms with Crippen LogP contribution in [0, 0.1) is 5.92 Å². The molecule has 2 saturated heterocycles. The highest BCUT2D eigenvalue weighted by Gasteiger charge is 2.34. The molecule has 2 heterocycles. The minimum Gasteiger partial charge on any atom is -0.379 e. The first-order valence-electron chi connectivity index (χ1n) is 7.28. The van der Waals surface area contributed by atoms with E-state index < -0.39 is 0 Å². The molecule has 0 saturated carbocycles. The largest absolute Gasteiger partial charge is 0.379 e. The van der Waals surface area contributed by atoms with Gasteiger partial charge >= 0.3 is 0 Å². The first-order valence-corrected chi connectivity index (χ1v) is 7.28. The van der Waals surface area contributed by atoms with E-state index in [1.54, 1.807) is 0 Å². The Morgan fingerprint density at radius 3 is 2.59 bits per heavy atom. The van der Waals surface area contributed by atoms with Gasteiger partial charge in [0.25, 0.3) is 0 Å². The fraction of sp³-hybridized carbons (Fsp3) is 1.00. The molecule has 0 bridgehead atoms. The summed E-state index contributed by atoms with van der Waals surface area (Å²) in [5, 5.41) is 3.81. The van der Waals surface area contributed by atoms with E-state index in [0.29, 0.717) is 5.54 Å². The predicted octanol–water partition coefficient (Wildman–Crippen LogP) is 1.88. The van der Waals surface area contributed by atoms with Crippen molar-refractivity contribution in [2.75, 3.05) is 39.4 Å². The molecule has 0 aromatic carbocycles. The van der Waals surface area contributed by atoms with Crippen LogP contribution >= 0.6 is 0 Å². The molecular formula is C14H28N2O. The van der Waals surface area contributed by atoms with Gasteiger partial charge in [-0.3, -0.25) is 4.90 Å². The highest BCUT2D eigenvalue weighted by Crippen LogP contribution is 2.30. The number of morpholine rings is 1. The van der Waals surface area contributed by atoms with E-state index in [0.717, 1.165) is 32.2 Å². The standard InChI is InChI=1S/C14H28N2O/c1-13(2)14(5-3-4-7-15-14)6-8-16-9-11-17-12-10-16/h13,15H,3-12H2,1-2H3. The Kier molecular flexibility index (Phi) is 4.83. The molecule has 17 heavy (non-hydrogen) atoms. The molecule has 2 aliphatic heterocycles. The molecular weight excluding hydrogens is 212 g/mol. The predicted molar refractivity (Wildman–Crippen MR) is 71.3 cm³/mol. The molecule has 2 rings (SSSR count). The Balaban J connectivity index is 1.84. The van der Waals surface area contributed by atoms with Gasteiger partial charge in [0.1, 0.15) is 0 Å². The van der Waals surface area contributed by atoms with Crippen molar-refractivity contribution in [1.82, 2.24) is 10.2 Å². The maximum atomic E-state index is 5.41. The molecule has 0 aromatic rings. The van der Waals surface area contributed by atoms with Crippen molar-refractivity contribution in [3.8, 4) is 0 Å². The summed E-state index contributed by atoms with van der Waals surface area (Å²) in [6.07, 6.45) is 5.40. The van der Waals surface area contributed by atoms with Gasteiger partial charge in [0.05, 0.1) is 13.2 Å². The van der Waals surface area contributed by atoms with Crippen molar-refractivity contribution in [3.05, 3.63) is 0 Å². The van der Waals surface area contributed by atoms with Gasteiger partial charge in [0.15, 0.2) is 0 Å². The van der Waals surface area contributed by atoms with Gasteiger partial charge < -0.3 is 10.1 Å². The van der Waals surface area contributed by atoms with Gasteiger partial charge in [0.2, 0.25) is 0 Å². The zero-order valence-corrected chi connectivity index (χ0v) is 11.5. The van der Waals surface area contributed by atoms with Crippen LogP contribution in [0.4, 0.5) is 0 Å². The summed E-state index contributed by atoms with van der Waals surface area (Å²) in [6, 6.07) is 0. The minimum absolute atomic E-state index is 0.399. The highest BCUT2D eigenvalue weighted by molar-refractivity contribution is 4.94. The second-order valence-electron chi connectivity index (χ2n) is 5.90. The average Bonchev–Trinajstić information content (AvgIpc) is 2.38. The maximum Gasteiger partial charge on any atom is 0.0594 e. The minimum atomic E-state index is 0.399. The van der Waals surface area contributed by atoms with Crippen molar-refractivity contribution in [3.63, 3.8) is 0 Å². The van der Waals surface area contributed by atoms with E-state index in [1.807, 2.05) is 0 Å². The van der Waals surface area contributed by atoms with Gasteiger partial charge in [-0.15, -0.1) is 0 Å². The number of nitrogens with one attached hydrogen (secondary N) is 1. The van der Waals surface area contributed by atoms with Crippen LogP contribution in [0.2, 0.25) is 0 Å². The van der Waals surface area contributed by atoms with Crippen LogP contribution in [0.15, 0.2) is 0 Å². The van der Waals surface area contributed by atoms with Crippen LogP contribution in [0.1, 0.15) is 39.5 Å². The quantitative estimate of drug-likeness (QED) is 0.812. The molecule has 0 amide bonds. The second-order valence-corrected chi connectivity index (χ2v) is 5.90. The number of ether oxygens (including phenoxy) is 1. The van der Waals surface area contributed by atoms with Gasteiger partial charge in [0, 0.05) is 25.2 Å². The van der Waals surface area contributed by atoms with Crippen LogP contribution in [0.3, 0.4) is 0 Å². The number of hydrogen-bond donors (Lipinski definition) is 1. The first kappa shape index (κ1) is 13.3. The Morgan fingerprint density at radius 2 is 2.00 bits per heavy atom. The third-order valence-corrected chi connectivity index (χ3v) is 4.61. The molecule has 0 aliphatic carbocycles. The van der Waals surface area contributed by atoms with Crippen molar-refractivity contribution < 1.29 is 4.74 Å². The summed E-state index contributed by atoms with van der Waals surface area (Å²) in [4.78, 5) is 2.56. The fourth-order valence-corrected chi connectivity index (χ4v) is 3.17. The van der Waals surface area contributed by atoms with Gasteiger partial charge in [-0.2, -0.15) is 0 Å². The normalized spacial score (nSPS) is 31.9. The second kappa shape index (κ2) is 6.17. The summed E-state index contributed by atoms with van der Waals surface area (Å²) < 4.78 is 5.41. The molecule has 2 aliphatic rings. The lowest BCUT2D eigenvalue weighted by atomic mass is 9.77. The van der Waals surface area contributed by atoms with Crippen LogP contribution in [-0.2, 0) is 4.74 Å². The molecule has 1 unspecified atom stereocenters. The number of piperidine rings is 1. The van der Waals surface area contributed by atoms with Crippen LogP contribution < -0.4 is 5.32 Å². The van der Waals surface area contributed by atoms with Crippen LogP contribution in [0.5, 0.6) is 0 Å². The smallest absolute Gasteiger partial charge is 0.0594 e. The lowest BCUT2D eigenvalue weighted by molar-refractivity contribution is 0.0292. The molecule has 0 aromatic heterocycles. The molecule has 3 nitrogen and oxygen atoms in total. The highest BCUT2D eigenvalue weighted by atomic mass is 16.5. The summed E-state index contributed by atoms with van der Waals surface area (Å²) >= 11 is 0. The lowest BCUT2D eigenvalue weighted by Gasteiger charge is -2.43. The molecule has 1 N–H and O–H groups in total. The summed E-state index contributed by atoms with van der Waals surface area (Å²) in [7, 11) is 0. The van der Waals surface area contributed by atoms with E-state index in [4.69, 9.17) is 4.74 Å². The SMILES string of the molecule is CC(C)C1(CCN2CCOCC2)CCCCN1. The van der Waals surface area contributed by atoms with Crippen molar-refractivity contribution in [1.29, 1.82) is 0 Å². The number of nitrogens with zero attached hydrogens (tertiary/aromatic N) is 1. The topological polar surface area (TPSA) is 24.5 Å². The molecule has 0 spiro atoms. The Hall–Kier alpha value is -0.120. The number of hydrogen-bond acceptors (Lipinski definition) is 3.